The SMILES string of the molecule is Cc1ncc(Br)c(=O)n1CCOc1ccccc1C(=O)O. The molecular weight excluding hydrogens is 340 g/mol. The predicted octanol–water partition coefficient (Wildman–Crippen LogP) is 2.09. The van der Waals surface area contributed by atoms with E-state index in [9.17, 15) is 9.59 Å². The number of carboxylic acid groups (broad SMARTS) is 1. The first kappa shape index (κ1) is 15.2. The van der Waals surface area contributed by atoms with Crippen LogP contribution in [0, 0.1) is 6.92 Å². The summed E-state index contributed by atoms with van der Waals surface area (Å²) in [6.45, 7) is 2.17. The number of halogens is 1. The molecule has 0 unspecified atom stereocenters. The maximum absolute atomic E-state index is 11.9. The maximum atomic E-state index is 11.9. The third kappa shape index (κ3) is 3.49. The summed E-state index contributed by atoms with van der Waals surface area (Å²) in [5, 5.41) is 9.06. The van der Waals surface area contributed by atoms with E-state index in [-0.39, 0.29) is 30.0 Å². The minimum absolute atomic E-state index is 0.0916. The van der Waals surface area contributed by atoms with E-state index < -0.39 is 5.97 Å². The van der Waals surface area contributed by atoms with Gasteiger partial charge < -0.3 is 9.84 Å². The van der Waals surface area contributed by atoms with Gasteiger partial charge in [-0.05, 0) is 35.0 Å². The smallest absolute Gasteiger partial charge is 0.339 e. The molecule has 0 aliphatic carbocycles. The topological polar surface area (TPSA) is 81.4 Å². The van der Waals surface area contributed by atoms with Crippen molar-refractivity contribution in [2.24, 2.45) is 0 Å². The Morgan fingerprint density at radius 1 is 1.43 bits per heavy atom. The summed E-state index contributed by atoms with van der Waals surface area (Å²) in [6.07, 6.45) is 1.45. The molecule has 110 valence electrons. The molecule has 0 atom stereocenters. The molecule has 0 radical (unpaired) electrons. The Balaban J connectivity index is 2.11. The number of hydrogen-bond acceptors (Lipinski definition) is 4. The number of carbonyl (C=O) groups is 1. The number of aryl methyl sites for hydroxylation is 1. The van der Waals surface area contributed by atoms with Crippen LogP contribution in [0.25, 0.3) is 0 Å². The van der Waals surface area contributed by atoms with Gasteiger partial charge in [-0.15, -0.1) is 0 Å². The van der Waals surface area contributed by atoms with Crippen molar-refractivity contribution in [1.29, 1.82) is 0 Å². The van der Waals surface area contributed by atoms with Gasteiger partial charge in [-0.2, -0.15) is 0 Å². The van der Waals surface area contributed by atoms with Gasteiger partial charge in [0.15, 0.2) is 0 Å². The number of aromatic carboxylic acids is 1. The van der Waals surface area contributed by atoms with Gasteiger partial charge in [0.25, 0.3) is 5.56 Å². The van der Waals surface area contributed by atoms with Crippen LogP contribution in [0.2, 0.25) is 0 Å². The minimum Gasteiger partial charge on any atom is -0.491 e. The highest BCUT2D eigenvalue weighted by Crippen LogP contribution is 2.17. The van der Waals surface area contributed by atoms with Crippen molar-refractivity contribution in [3.8, 4) is 5.75 Å². The van der Waals surface area contributed by atoms with E-state index in [1.807, 2.05) is 0 Å². The zero-order valence-corrected chi connectivity index (χ0v) is 12.8. The van der Waals surface area contributed by atoms with Crippen molar-refractivity contribution < 1.29 is 14.6 Å². The summed E-state index contributed by atoms with van der Waals surface area (Å²) in [6, 6.07) is 6.37. The van der Waals surface area contributed by atoms with Crippen LogP contribution in [0.3, 0.4) is 0 Å². The van der Waals surface area contributed by atoms with E-state index in [0.29, 0.717) is 10.3 Å². The Morgan fingerprint density at radius 2 is 2.14 bits per heavy atom. The second-order valence-corrected chi connectivity index (χ2v) is 5.11. The monoisotopic (exact) mass is 352 g/mol. The summed E-state index contributed by atoms with van der Waals surface area (Å²) < 4.78 is 7.31. The lowest BCUT2D eigenvalue weighted by atomic mass is 10.2. The molecule has 1 aromatic carbocycles. The molecule has 0 bridgehead atoms. The van der Waals surface area contributed by atoms with Crippen molar-refractivity contribution >= 4 is 21.9 Å². The van der Waals surface area contributed by atoms with Crippen LogP contribution in [0.1, 0.15) is 16.2 Å². The van der Waals surface area contributed by atoms with E-state index >= 15 is 0 Å². The average Bonchev–Trinajstić information content (AvgIpc) is 2.47. The van der Waals surface area contributed by atoms with Gasteiger partial charge in [0.05, 0.1) is 6.54 Å². The van der Waals surface area contributed by atoms with Crippen molar-refractivity contribution in [2.45, 2.75) is 13.5 Å². The summed E-state index contributed by atoms with van der Waals surface area (Å²) >= 11 is 3.13. The van der Waals surface area contributed by atoms with Crippen LogP contribution in [0.4, 0.5) is 0 Å². The number of rotatable bonds is 5. The highest BCUT2D eigenvalue weighted by atomic mass is 79.9. The lowest BCUT2D eigenvalue weighted by Crippen LogP contribution is -2.26. The summed E-state index contributed by atoms with van der Waals surface area (Å²) in [5.41, 5.74) is -0.105. The van der Waals surface area contributed by atoms with Crippen molar-refractivity contribution in [2.75, 3.05) is 6.61 Å². The van der Waals surface area contributed by atoms with Crippen LogP contribution in [0.5, 0.6) is 5.75 Å². The first-order valence-corrected chi connectivity index (χ1v) is 6.97. The van der Waals surface area contributed by atoms with Gasteiger partial charge in [0, 0.05) is 6.20 Å². The van der Waals surface area contributed by atoms with Crippen LogP contribution in [-0.4, -0.2) is 27.2 Å². The van der Waals surface area contributed by atoms with Gasteiger partial charge in [-0.1, -0.05) is 12.1 Å². The predicted molar refractivity (Wildman–Crippen MR) is 79.8 cm³/mol. The largest absolute Gasteiger partial charge is 0.491 e. The Kier molecular flexibility index (Phi) is 4.74. The number of para-hydroxylation sites is 1. The number of ether oxygens (including phenoxy) is 1. The van der Waals surface area contributed by atoms with Crippen molar-refractivity contribution in [1.82, 2.24) is 9.55 Å². The molecular formula is C14H13BrN2O4. The molecule has 2 aromatic rings. The van der Waals surface area contributed by atoms with Gasteiger partial charge in [0.1, 0.15) is 28.2 Å². The number of benzene rings is 1. The molecule has 6 nitrogen and oxygen atoms in total. The van der Waals surface area contributed by atoms with Crippen molar-refractivity contribution in [3.05, 3.63) is 56.7 Å². The Bertz CT molecular complexity index is 727. The lowest BCUT2D eigenvalue weighted by Gasteiger charge is -2.12. The van der Waals surface area contributed by atoms with Gasteiger partial charge in [0.2, 0.25) is 0 Å². The fraction of sp³-hybridized carbons (Fsp3) is 0.214. The van der Waals surface area contributed by atoms with Crippen LogP contribution < -0.4 is 10.3 Å². The average molecular weight is 353 g/mol. The molecule has 0 saturated heterocycles. The molecule has 21 heavy (non-hydrogen) atoms. The number of carboxylic acids is 1. The molecule has 1 heterocycles. The minimum atomic E-state index is -1.05. The second-order valence-electron chi connectivity index (χ2n) is 4.26. The quantitative estimate of drug-likeness (QED) is 0.890. The van der Waals surface area contributed by atoms with Gasteiger partial charge in [-0.25, -0.2) is 9.78 Å². The highest BCUT2D eigenvalue weighted by Gasteiger charge is 2.10. The fourth-order valence-corrected chi connectivity index (χ4v) is 2.15. The summed E-state index contributed by atoms with van der Waals surface area (Å²) in [5.74, 6) is -0.208. The molecule has 0 aliphatic heterocycles. The molecule has 1 N–H and O–H groups in total. The molecule has 0 aliphatic rings. The van der Waals surface area contributed by atoms with Crippen molar-refractivity contribution in [3.63, 3.8) is 0 Å². The third-order valence-corrected chi connectivity index (χ3v) is 3.44. The zero-order chi connectivity index (χ0) is 15.4. The molecule has 0 amide bonds. The first-order valence-electron chi connectivity index (χ1n) is 6.17. The van der Waals surface area contributed by atoms with E-state index in [4.69, 9.17) is 9.84 Å². The number of aromatic nitrogens is 2. The molecule has 0 spiro atoms. The van der Waals surface area contributed by atoms with E-state index in [1.54, 1.807) is 25.1 Å². The Morgan fingerprint density at radius 3 is 2.86 bits per heavy atom. The molecule has 2 rings (SSSR count). The first-order chi connectivity index (χ1) is 10.0. The van der Waals surface area contributed by atoms with E-state index in [2.05, 4.69) is 20.9 Å². The van der Waals surface area contributed by atoms with Gasteiger partial charge >= 0.3 is 5.97 Å². The highest BCUT2D eigenvalue weighted by molar-refractivity contribution is 9.10. The normalized spacial score (nSPS) is 10.4. The fourth-order valence-electron chi connectivity index (χ4n) is 1.83. The third-order valence-electron chi connectivity index (χ3n) is 2.89. The number of nitrogens with zero attached hydrogens (tertiary/aromatic N) is 2. The summed E-state index contributed by atoms with van der Waals surface area (Å²) in [7, 11) is 0. The molecule has 1 aromatic heterocycles. The van der Waals surface area contributed by atoms with E-state index in [1.165, 1.54) is 16.8 Å². The summed E-state index contributed by atoms with van der Waals surface area (Å²) in [4.78, 5) is 27.1. The standard InChI is InChI=1S/C14H13BrN2O4/c1-9-16-8-11(15)13(18)17(9)6-7-21-12-5-3-2-4-10(12)14(19)20/h2-5,8H,6-7H2,1H3,(H,19,20). The molecule has 0 saturated carbocycles. The Hall–Kier alpha value is -2.15. The maximum Gasteiger partial charge on any atom is 0.339 e. The number of hydrogen-bond donors (Lipinski definition) is 1. The molecule has 0 fully saturated rings. The van der Waals surface area contributed by atoms with Gasteiger partial charge in [-0.3, -0.25) is 9.36 Å². The van der Waals surface area contributed by atoms with E-state index in [0.717, 1.165) is 0 Å². The van der Waals surface area contributed by atoms with Crippen LogP contribution in [0.15, 0.2) is 39.7 Å². The zero-order valence-electron chi connectivity index (χ0n) is 11.2. The Labute approximate surface area is 129 Å². The van der Waals surface area contributed by atoms with Crippen LogP contribution >= 0.6 is 15.9 Å². The second kappa shape index (κ2) is 6.53. The molecule has 7 heteroatoms. The lowest BCUT2D eigenvalue weighted by molar-refractivity contribution is 0.0692. The van der Waals surface area contributed by atoms with Crippen LogP contribution in [-0.2, 0) is 6.54 Å².